The molecule has 1 aromatic rings. The second-order valence-corrected chi connectivity index (χ2v) is 7.94. The number of fused-ring (bicyclic) bond motifs is 2. The van der Waals surface area contributed by atoms with Crippen LogP contribution in [0.5, 0.6) is 0 Å². The number of aryl methyl sites for hydroxylation is 2. The predicted molar refractivity (Wildman–Crippen MR) is 106 cm³/mol. The maximum Gasteiger partial charge on any atom is 0.171 e. The van der Waals surface area contributed by atoms with Crippen molar-refractivity contribution in [3.8, 4) is 0 Å². The Balaban J connectivity index is 1.58. The summed E-state index contributed by atoms with van der Waals surface area (Å²) in [5, 5.41) is 7.71. The van der Waals surface area contributed by atoms with Crippen LogP contribution in [-0.2, 0) is 0 Å². The number of piperidine rings is 2. The Morgan fingerprint density at radius 3 is 2.42 bits per heavy atom. The number of anilines is 1. The molecule has 0 radical (unpaired) electrons. The molecule has 1 aromatic carbocycles. The van der Waals surface area contributed by atoms with Crippen molar-refractivity contribution in [3.05, 3.63) is 42.0 Å². The average Bonchev–Trinajstić information content (AvgIpc) is 2.47. The van der Waals surface area contributed by atoms with Crippen molar-refractivity contribution in [2.24, 2.45) is 0 Å². The lowest BCUT2D eigenvalue weighted by molar-refractivity contribution is -0.955. The molecule has 2 unspecified atom stereocenters. The average molecular weight is 345 g/mol. The summed E-state index contributed by atoms with van der Waals surface area (Å²) in [6, 6.07) is 8.49. The zero-order valence-corrected chi connectivity index (χ0v) is 15.7. The van der Waals surface area contributed by atoms with Crippen LogP contribution in [0.1, 0.15) is 43.2 Å². The van der Waals surface area contributed by atoms with E-state index in [4.69, 9.17) is 12.2 Å². The second-order valence-electron chi connectivity index (χ2n) is 7.54. The fourth-order valence-corrected chi connectivity index (χ4v) is 4.94. The molecule has 3 N–H and O–H groups in total. The SMILES string of the molecule is C=CC[NH+]1[C@@H]2CCC[C@H]1CC(NC(=S)Nc1cc(C)cc(C)c1)C2. The molecule has 2 bridgehead atoms. The fourth-order valence-electron chi connectivity index (χ4n) is 4.65. The second kappa shape index (κ2) is 7.66. The maximum atomic E-state index is 5.57. The van der Waals surface area contributed by atoms with E-state index in [2.05, 4.69) is 55.3 Å². The molecule has 2 heterocycles. The van der Waals surface area contributed by atoms with E-state index < -0.39 is 0 Å². The Morgan fingerprint density at radius 2 is 1.83 bits per heavy atom. The highest BCUT2D eigenvalue weighted by Crippen LogP contribution is 2.22. The third-order valence-electron chi connectivity index (χ3n) is 5.49. The minimum Gasteiger partial charge on any atom is -0.359 e. The molecule has 3 nitrogen and oxygen atoms in total. The van der Waals surface area contributed by atoms with Crippen molar-refractivity contribution in [2.45, 2.75) is 64.1 Å². The fraction of sp³-hybridized carbons (Fsp3) is 0.550. The van der Waals surface area contributed by atoms with E-state index in [1.807, 2.05) is 0 Å². The molecule has 2 aliphatic heterocycles. The van der Waals surface area contributed by atoms with Crippen LogP contribution in [0.2, 0.25) is 0 Å². The summed E-state index contributed by atoms with van der Waals surface area (Å²) in [6.45, 7) is 9.29. The van der Waals surface area contributed by atoms with Crippen molar-refractivity contribution in [1.82, 2.24) is 5.32 Å². The molecule has 2 saturated heterocycles. The molecule has 0 aliphatic carbocycles. The van der Waals surface area contributed by atoms with Gasteiger partial charge in [-0.05, 0) is 74.7 Å². The number of rotatable bonds is 4. The quantitative estimate of drug-likeness (QED) is 0.579. The van der Waals surface area contributed by atoms with Crippen LogP contribution in [0.4, 0.5) is 5.69 Å². The van der Waals surface area contributed by atoms with Crippen LogP contribution in [0, 0.1) is 13.8 Å². The summed E-state index contributed by atoms with van der Waals surface area (Å²) < 4.78 is 0. The Morgan fingerprint density at radius 1 is 1.21 bits per heavy atom. The van der Waals surface area contributed by atoms with Gasteiger partial charge in [0.2, 0.25) is 0 Å². The van der Waals surface area contributed by atoms with Gasteiger partial charge in [0.25, 0.3) is 0 Å². The number of benzene rings is 1. The number of quaternary nitrogens is 1. The maximum absolute atomic E-state index is 5.57. The molecule has 2 fully saturated rings. The number of nitrogens with one attached hydrogen (secondary N) is 3. The van der Waals surface area contributed by atoms with Gasteiger partial charge in [-0.25, -0.2) is 0 Å². The molecule has 4 atom stereocenters. The van der Waals surface area contributed by atoms with E-state index in [-0.39, 0.29) is 0 Å². The molecule has 0 saturated carbocycles. The smallest absolute Gasteiger partial charge is 0.171 e. The number of hydrogen-bond donors (Lipinski definition) is 3. The van der Waals surface area contributed by atoms with E-state index in [0.29, 0.717) is 6.04 Å². The van der Waals surface area contributed by atoms with E-state index in [1.165, 1.54) is 43.2 Å². The summed E-state index contributed by atoms with van der Waals surface area (Å²) in [5.74, 6) is 0. The lowest BCUT2D eigenvalue weighted by Crippen LogP contribution is -3.21. The minimum absolute atomic E-state index is 0.500. The molecular formula is C20H30N3S+. The van der Waals surface area contributed by atoms with Crippen molar-refractivity contribution in [2.75, 3.05) is 11.9 Å². The Hall–Kier alpha value is -1.39. The summed E-state index contributed by atoms with van der Waals surface area (Å²) in [7, 11) is 0. The first kappa shape index (κ1) is 17.4. The van der Waals surface area contributed by atoms with Crippen LogP contribution in [0.3, 0.4) is 0 Å². The van der Waals surface area contributed by atoms with Crippen molar-refractivity contribution in [1.29, 1.82) is 0 Å². The number of hydrogen-bond acceptors (Lipinski definition) is 1. The van der Waals surface area contributed by atoms with Crippen LogP contribution in [0.25, 0.3) is 0 Å². The van der Waals surface area contributed by atoms with E-state index in [9.17, 15) is 0 Å². The summed E-state index contributed by atoms with van der Waals surface area (Å²) in [4.78, 5) is 1.75. The highest BCUT2D eigenvalue weighted by atomic mass is 32.1. The van der Waals surface area contributed by atoms with E-state index in [0.717, 1.165) is 29.4 Å². The van der Waals surface area contributed by atoms with Gasteiger partial charge >= 0.3 is 0 Å². The molecule has 2 aliphatic rings. The molecule has 0 aromatic heterocycles. The van der Waals surface area contributed by atoms with Gasteiger partial charge in [0.1, 0.15) is 0 Å². The van der Waals surface area contributed by atoms with Gasteiger partial charge in [-0.2, -0.15) is 0 Å². The Bertz CT molecular complexity index is 579. The first-order valence-electron chi connectivity index (χ1n) is 9.17. The topological polar surface area (TPSA) is 28.5 Å². The standard InChI is InChI=1S/C20H29N3S/c1-4-8-23-18-6-5-7-19(23)13-17(12-18)22-20(24)21-16-10-14(2)9-15(3)11-16/h4,9-11,17-19H,1,5-8,12-13H2,2-3H3,(H2,21,22,24)/p+1/t17?,18-,19+. The summed E-state index contributed by atoms with van der Waals surface area (Å²) in [5.41, 5.74) is 3.60. The highest BCUT2D eigenvalue weighted by molar-refractivity contribution is 7.80. The number of thiocarbonyl (C=S) groups is 1. The Labute approximate surface area is 151 Å². The van der Waals surface area contributed by atoms with Gasteiger partial charge in [0, 0.05) is 24.6 Å². The largest absolute Gasteiger partial charge is 0.359 e. The first-order chi connectivity index (χ1) is 11.5. The third kappa shape index (κ3) is 4.17. The lowest BCUT2D eigenvalue weighted by Gasteiger charge is -2.45. The zero-order valence-electron chi connectivity index (χ0n) is 14.9. The first-order valence-corrected chi connectivity index (χ1v) is 9.58. The van der Waals surface area contributed by atoms with Crippen LogP contribution in [0.15, 0.2) is 30.9 Å². The van der Waals surface area contributed by atoms with Gasteiger partial charge in [-0.15, -0.1) is 0 Å². The van der Waals surface area contributed by atoms with E-state index >= 15 is 0 Å². The summed E-state index contributed by atoms with van der Waals surface area (Å²) in [6.07, 6.45) is 8.58. The monoisotopic (exact) mass is 344 g/mol. The van der Waals surface area contributed by atoms with Crippen LogP contribution in [-0.4, -0.2) is 29.8 Å². The normalized spacial score (nSPS) is 28.9. The van der Waals surface area contributed by atoms with Gasteiger partial charge in [0.15, 0.2) is 5.11 Å². The zero-order chi connectivity index (χ0) is 17.1. The van der Waals surface area contributed by atoms with Crippen molar-refractivity contribution in [3.63, 3.8) is 0 Å². The minimum atomic E-state index is 0.500. The molecular weight excluding hydrogens is 314 g/mol. The molecule has 0 spiro atoms. The van der Waals surface area contributed by atoms with Crippen molar-refractivity contribution >= 4 is 23.0 Å². The molecule has 4 heteroatoms. The van der Waals surface area contributed by atoms with Crippen LogP contribution < -0.4 is 15.5 Å². The van der Waals surface area contributed by atoms with E-state index in [1.54, 1.807) is 4.90 Å². The molecule has 130 valence electrons. The lowest BCUT2D eigenvalue weighted by atomic mass is 9.82. The third-order valence-corrected chi connectivity index (χ3v) is 5.71. The molecule has 24 heavy (non-hydrogen) atoms. The predicted octanol–water partition coefficient (Wildman–Crippen LogP) is 2.74. The van der Waals surface area contributed by atoms with Gasteiger partial charge in [0.05, 0.1) is 18.6 Å². The van der Waals surface area contributed by atoms with Crippen LogP contribution >= 0.6 is 12.2 Å². The van der Waals surface area contributed by atoms with Gasteiger partial charge in [-0.1, -0.05) is 12.6 Å². The highest BCUT2D eigenvalue weighted by Gasteiger charge is 2.41. The van der Waals surface area contributed by atoms with Crippen molar-refractivity contribution < 1.29 is 4.90 Å². The molecule has 0 amide bonds. The summed E-state index contributed by atoms with van der Waals surface area (Å²) >= 11 is 5.57. The molecule has 3 rings (SSSR count). The Kier molecular flexibility index (Phi) is 5.57. The van der Waals surface area contributed by atoms with Gasteiger partial charge in [-0.3, -0.25) is 0 Å². The van der Waals surface area contributed by atoms with Gasteiger partial charge < -0.3 is 15.5 Å².